The molecular weight excluding hydrogens is 410 g/mol. The van der Waals surface area contributed by atoms with Crippen molar-refractivity contribution in [2.75, 3.05) is 88.5 Å². The maximum Gasteiger partial charge on any atom is 0.529 e. The van der Waals surface area contributed by atoms with E-state index in [4.69, 9.17) is 22.1 Å². The van der Waals surface area contributed by atoms with E-state index in [1.807, 2.05) is 0 Å². The Balaban J connectivity index is 2.69. The molecule has 0 bridgehead atoms. The van der Waals surface area contributed by atoms with Crippen LogP contribution in [-0.4, -0.2) is 131 Å². The average Bonchev–Trinajstić information content (AvgIpc) is 2.72. The highest BCUT2D eigenvalue weighted by Crippen LogP contribution is 2.19. The standard InChI is InChI=1S/C17H38N3O5Si3/c1-18-10-12-20(13-11-18)15-17(28(23-5,24-6)25-7)26-16-19(2)9-8-14-27(21-3)22-4/h15H,8-14,16H2,1-7H3. The van der Waals surface area contributed by atoms with Crippen LogP contribution in [0.1, 0.15) is 6.42 Å². The van der Waals surface area contributed by atoms with Crippen LogP contribution in [-0.2, 0) is 22.1 Å². The Kier molecular flexibility index (Phi) is 13.0. The Morgan fingerprint density at radius 1 is 1.04 bits per heavy atom. The Morgan fingerprint density at radius 2 is 1.61 bits per heavy atom. The molecule has 1 saturated heterocycles. The Hall–Kier alpha value is -0.0894. The summed E-state index contributed by atoms with van der Waals surface area (Å²) in [5.41, 5.74) is 0. The summed E-state index contributed by atoms with van der Waals surface area (Å²) >= 11 is 0. The summed E-state index contributed by atoms with van der Waals surface area (Å²) in [7, 11) is 9.46. The Morgan fingerprint density at radius 3 is 2.11 bits per heavy atom. The van der Waals surface area contributed by atoms with E-state index in [0.29, 0.717) is 9.52 Å². The van der Waals surface area contributed by atoms with Crippen LogP contribution in [0.3, 0.4) is 0 Å². The highest BCUT2D eigenvalue weighted by atomic mass is 28.4. The first-order chi connectivity index (χ1) is 13.4. The number of hydrogen-bond acceptors (Lipinski definition) is 8. The molecule has 1 aliphatic heterocycles. The summed E-state index contributed by atoms with van der Waals surface area (Å²) in [6.07, 6.45) is 4.25. The van der Waals surface area contributed by atoms with Crippen molar-refractivity contribution in [2.24, 2.45) is 0 Å². The SMILES string of the molecule is CO[Si](CCCN(C)C[Si]C(=CN1CCN(C)CC1)[Si](OC)(OC)OC)OC. The maximum absolute atomic E-state index is 5.78. The lowest BCUT2D eigenvalue weighted by Crippen LogP contribution is -2.50. The molecule has 0 unspecified atom stereocenters. The predicted molar refractivity (Wildman–Crippen MR) is 116 cm³/mol. The van der Waals surface area contributed by atoms with Crippen molar-refractivity contribution in [3.05, 3.63) is 11.0 Å². The lowest BCUT2D eigenvalue weighted by Gasteiger charge is -2.34. The van der Waals surface area contributed by atoms with Gasteiger partial charge in [0.1, 0.15) is 0 Å². The molecule has 1 rings (SSSR count). The molecule has 0 amide bonds. The largest absolute Gasteiger partial charge is 0.529 e. The van der Waals surface area contributed by atoms with Crippen molar-refractivity contribution < 1.29 is 22.1 Å². The second kappa shape index (κ2) is 14.0. The topological polar surface area (TPSA) is 55.9 Å². The molecule has 0 N–H and O–H groups in total. The van der Waals surface area contributed by atoms with Gasteiger partial charge in [-0.25, -0.2) is 0 Å². The van der Waals surface area contributed by atoms with E-state index in [0.717, 1.165) is 56.2 Å². The van der Waals surface area contributed by atoms with E-state index in [-0.39, 0.29) is 0 Å². The van der Waals surface area contributed by atoms with Crippen LogP contribution in [0.2, 0.25) is 6.04 Å². The van der Waals surface area contributed by atoms with Gasteiger partial charge in [-0.15, -0.1) is 0 Å². The van der Waals surface area contributed by atoms with Gasteiger partial charge in [0, 0.05) is 66.5 Å². The van der Waals surface area contributed by atoms with Crippen molar-refractivity contribution in [2.45, 2.75) is 12.5 Å². The highest BCUT2D eigenvalue weighted by molar-refractivity contribution is 6.83. The minimum absolute atomic E-state index is 0.564. The third kappa shape index (κ3) is 8.34. The summed E-state index contributed by atoms with van der Waals surface area (Å²) in [5.74, 6) is 0. The van der Waals surface area contributed by atoms with Crippen LogP contribution in [0.4, 0.5) is 0 Å². The van der Waals surface area contributed by atoms with Gasteiger partial charge in [-0.3, -0.25) is 0 Å². The van der Waals surface area contributed by atoms with Crippen LogP contribution < -0.4 is 0 Å². The van der Waals surface area contributed by atoms with Gasteiger partial charge in [-0.1, -0.05) is 0 Å². The molecule has 0 aromatic rings. The zero-order valence-corrected chi connectivity index (χ0v) is 21.6. The van der Waals surface area contributed by atoms with Gasteiger partial charge in [0.25, 0.3) is 0 Å². The molecule has 1 aliphatic rings. The van der Waals surface area contributed by atoms with E-state index >= 15 is 0 Å². The summed E-state index contributed by atoms with van der Waals surface area (Å²) in [5, 5.41) is 0. The van der Waals surface area contributed by atoms with Crippen LogP contribution in [0, 0.1) is 0 Å². The molecule has 0 atom stereocenters. The Bertz CT molecular complexity index is 437. The van der Waals surface area contributed by atoms with E-state index in [9.17, 15) is 0 Å². The first-order valence-corrected chi connectivity index (χ1v) is 14.1. The van der Waals surface area contributed by atoms with Gasteiger partial charge in [-0.2, -0.15) is 0 Å². The fourth-order valence-corrected chi connectivity index (χ4v) is 8.44. The van der Waals surface area contributed by atoms with E-state index < -0.39 is 18.1 Å². The molecule has 11 heteroatoms. The van der Waals surface area contributed by atoms with Crippen LogP contribution in [0.25, 0.3) is 0 Å². The molecular formula is C17H38N3O5Si3. The minimum Gasteiger partial charge on any atom is -0.397 e. The number of rotatable bonds is 14. The average molecular weight is 449 g/mol. The third-order valence-corrected chi connectivity index (χ3v) is 11.6. The number of nitrogens with zero attached hydrogens (tertiary/aromatic N) is 3. The van der Waals surface area contributed by atoms with Gasteiger partial charge in [0.05, 0.1) is 9.52 Å². The fraction of sp³-hybridized carbons (Fsp3) is 0.882. The van der Waals surface area contributed by atoms with E-state index in [2.05, 4.69) is 35.0 Å². The number of hydrogen-bond donors (Lipinski definition) is 0. The maximum atomic E-state index is 5.78. The van der Waals surface area contributed by atoms with E-state index in [1.54, 1.807) is 35.5 Å². The molecule has 0 aromatic heterocycles. The first kappa shape index (κ1) is 25.9. The monoisotopic (exact) mass is 448 g/mol. The Labute approximate surface area is 176 Å². The van der Waals surface area contributed by atoms with Crippen molar-refractivity contribution in [3.63, 3.8) is 0 Å². The van der Waals surface area contributed by atoms with Gasteiger partial charge in [-0.05, 0) is 45.5 Å². The molecule has 1 fully saturated rings. The zero-order chi connectivity index (χ0) is 21.0. The van der Waals surface area contributed by atoms with Crippen LogP contribution in [0.5, 0.6) is 0 Å². The molecule has 0 spiro atoms. The van der Waals surface area contributed by atoms with Gasteiger partial charge < -0.3 is 36.8 Å². The second-order valence-electron chi connectivity index (χ2n) is 6.85. The molecule has 163 valence electrons. The van der Waals surface area contributed by atoms with Crippen molar-refractivity contribution in [1.29, 1.82) is 0 Å². The molecule has 0 saturated carbocycles. The van der Waals surface area contributed by atoms with Crippen LogP contribution in [0.15, 0.2) is 11.0 Å². The fourth-order valence-electron chi connectivity index (χ4n) is 3.03. The second-order valence-corrected chi connectivity index (χ2v) is 13.5. The van der Waals surface area contributed by atoms with Gasteiger partial charge >= 0.3 is 18.1 Å². The van der Waals surface area contributed by atoms with Gasteiger partial charge in [0.2, 0.25) is 0 Å². The highest BCUT2D eigenvalue weighted by Gasteiger charge is 2.43. The van der Waals surface area contributed by atoms with Crippen LogP contribution >= 0.6 is 0 Å². The summed E-state index contributed by atoms with van der Waals surface area (Å²) in [6.45, 7) is 5.17. The van der Waals surface area contributed by atoms with Crippen molar-refractivity contribution >= 4 is 27.6 Å². The number of likely N-dealkylation sites (N-methyl/N-ethyl adjacent to an activating group) is 1. The lowest BCUT2D eigenvalue weighted by molar-refractivity contribution is 0.135. The smallest absolute Gasteiger partial charge is 0.397 e. The quantitative estimate of drug-likeness (QED) is 0.351. The number of piperazine rings is 1. The van der Waals surface area contributed by atoms with Crippen molar-refractivity contribution in [1.82, 2.24) is 14.7 Å². The summed E-state index contributed by atoms with van der Waals surface area (Å²) in [4.78, 5) is 8.23. The first-order valence-electron chi connectivity index (χ1n) is 9.61. The van der Waals surface area contributed by atoms with Gasteiger partial charge in [0.15, 0.2) is 0 Å². The molecule has 0 aliphatic carbocycles. The lowest BCUT2D eigenvalue weighted by atomic mass is 10.3. The third-order valence-electron chi connectivity index (χ3n) is 4.90. The molecule has 8 nitrogen and oxygen atoms in total. The predicted octanol–water partition coefficient (Wildman–Crippen LogP) is 0.257. The molecule has 3 radical (unpaired) electrons. The van der Waals surface area contributed by atoms with E-state index in [1.165, 1.54) is 0 Å². The summed E-state index contributed by atoms with van der Waals surface area (Å²) in [6, 6.07) is 0.988. The molecule has 28 heavy (non-hydrogen) atoms. The zero-order valence-electron chi connectivity index (χ0n) is 18.6. The minimum atomic E-state index is -2.82. The van der Waals surface area contributed by atoms with Crippen molar-refractivity contribution in [3.8, 4) is 0 Å². The molecule has 1 heterocycles. The normalized spacial score (nSPS) is 17.2. The summed E-state index contributed by atoms with van der Waals surface area (Å²) < 4.78 is 28.1. The molecule has 0 aromatic carbocycles.